The summed E-state index contributed by atoms with van der Waals surface area (Å²) in [6.45, 7) is 2.44. The Morgan fingerprint density at radius 1 is 1.03 bits per heavy atom. The predicted octanol–water partition coefficient (Wildman–Crippen LogP) is 3.92. The third kappa shape index (κ3) is 5.62. The van der Waals surface area contributed by atoms with Gasteiger partial charge in [0.05, 0.1) is 7.11 Å². The fourth-order valence-electron chi connectivity index (χ4n) is 4.55. The van der Waals surface area contributed by atoms with E-state index >= 15 is 0 Å². The number of piperazine rings is 1. The molecule has 0 spiro atoms. The molecule has 1 N–H and O–H groups in total. The molecular formula is C24H30ClN3O4S. The number of hydrogen-bond acceptors (Lipinski definition) is 5. The molecule has 0 bridgehead atoms. The molecule has 4 rings (SSSR count). The number of hydrogen-bond donors (Lipinski definition) is 1. The summed E-state index contributed by atoms with van der Waals surface area (Å²) < 4.78 is 34.4. The Bertz CT molecular complexity index is 1090. The van der Waals surface area contributed by atoms with Crippen LogP contribution in [0.1, 0.15) is 42.5 Å². The van der Waals surface area contributed by atoms with Gasteiger partial charge in [-0.2, -0.15) is 0 Å². The van der Waals surface area contributed by atoms with Crippen LogP contribution in [0.15, 0.2) is 47.4 Å². The summed E-state index contributed by atoms with van der Waals surface area (Å²) in [4.78, 5) is 17.2. The lowest BCUT2D eigenvalue weighted by Gasteiger charge is -2.36. The largest absolute Gasteiger partial charge is 0.495 e. The molecule has 1 heterocycles. The van der Waals surface area contributed by atoms with E-state index in [0.29, 0.717) is 36.8 Å². The smallest absolute Gasteiger partial charge is 0.254 e. The molecule has 9 heteroatoms. The zero-order valence-electron chi connectivity index (χ0n) is 18.8. The fourth-order valence-corrected chi connectivity index (χ4v) is 6.23. The molecule has 1 aliphatic carbocycles. The van der Waals surface area contributed by atoms with Gasteiger partial charge in [-0.1, -0.05) is 36.9 Å². The first-order chi connectivity index (χ1) is 15.9. The number of carbonyl (C=O) groups excluding carboxylic acids is 1. The molecule has 1 saturated heterocycles. The average molecular weight is 492 g/mol. The van der Waals surface area contributed by atoms with Crippen molar-refractivity contribution in [3.63, 3.8) is 0 Å². The van der Waals surface area contributed by atoms with Gasteiger partial charge in [0, 0.05) is 48.5 Å². The summed E-state index contributed by atoms with van der Waals surface area (Å²) >= 11 is 6.11. The van der Waals surface area contributed by atoms with Crippen LogP contribution in [0.5, 0.6) is 5.75 Å². The van der Waals surface area contributed by atoms with Crippen LogP contribution in [0.25, 0.3) is 0 Å². The van der Waals surface area contributed by atoms with Gasteiger partial charge in [0.25, 0.3) is 5.91 Å². The molecule has 1 aliphatic heterocycles. The second-order valence-electron chi connectivity index (χ2n) is 8.58. The van der Waals surface area contributed by atoms with Crippen LogP contribution in [0, 0.1) is 0 Å². The molecule has 0 unspecified atom stereocenters. The Hall–Kier alpha value is -2.29. The van der Waals surface area contributed by atoms with Gasteiger partial charge in [-0.3, -0.25) is 4.79 Å². The SMILES string of the molecule is COc1ccc(C(=O)N2CCN(c3cccc(Cl)c3)CC2)cc1S(=O)(=O)NC1CCCCC1. The first-order valence-electron chi connectivity index (χ1n) is 11.4. The van der Waals surface area contributed by atoms with E-state index in [1.54, 1.807) is 17.0 Å². The highest BCUT2D eigenvalue weighted by molar-refractivity contribution is 7.89. The van der Waals surface area contributed by atoms with Crippen LogP contribution in [0.4, 0.5) is 5.69 Å². The van der Waals surface area contributed by atoms with Gasteiger partial charge in [-0.25, -0.2) is 13.1 Å². The predicted molar refractivity (Wildman–Crippen MR) is 130 cm³/mol. The van der Waals surface area contributed by atoms with Crippen molar-refractivity contribution in [2.45, 2.75) is 43.0 Å². The molecule has 2 aromatic rings. The van der Waals surface area contributed by atoms with E-state index < -0.39 is 10.0 Å². The van der Waals surface area contributed by atoms with Crippen LogP contribution in [-0.4, -0.2) is 58.6 Å². The number of amides is 1. The maximum atomic E-state index is 13.2. The molecule has 33 heavy (non-hydrogen) atoms. The van der Waals surface area contributed by atoms with E-state index in [1.165, 1.54) is 13.2 Å². The summed E-state index contributed by atoms with van der Waals surface area (Å²) in [5.41, 5.74) is 1.37. The van der Waals surface area contributed by atoms with Crippen LogP contribution >= 0.6 is 11.6 Å². The number of ether oxygens (including phenoxy) is 1. The zero-order chi connectivity index (χ0) is 23.4. The highest BCUT2D eigenvalue weighted by Crippen LogP contribution is 2.28. The van der Waals surface area contributed by atoms with Crippen molar-refractivity contribution >= 4 is 33.2 Å². The van der Waals surface area contributed by atoms with Crippen molar-refractivity contribution in [1.29, 1.82) is 0 Å². The summed E-state index contributed by atoms with van der Waals surface area (Å²) in [6.07, 6.45) is 4.83. The van der Waals surface area contributed by atoms with Crippen LogP contribution in [0.3, 0.4) is 0 Å². The maximum absolute atomic E-state index is 13.2. The third-order valence-corrected chi connectivity index (χ3v) is 8.14. The lowest BCUT2D eigenvalue weighted by Crippen LogP contribution is -2.48. The van der Waals surface area contributed by atoms with Crippen molar-refractivity contribution in [3.8, 4) is 5.75 Å². The summed E-state index contributed by atoms with van der Waals surface area (Å²) in [6, 6.07) is 12.2. The monoisotopic (exact) mass is 491 g/mol. The Morgan fingerprint density at radius 3 is 2.42 bits per heavy atom. The number of methoxy groups -OCH3 is 1. The summed E-state index contributed by atoms with van der Waals surface area (Å²) in [5.74, 6) is 0.0538. The minimum absolute atomic E-state index is 0.0130. The molecule has 0 radical (unpaired) electrons. The number of sulfonamides is 1. The highest BCUT2D eigenvalue weighted by atomic mass is 35.5. The van der Waals surface area contributed by atoms with Crippen LogP contribution < -0.4 is 14.4 Å². The minimum Gasteiger partial charge on any atom is -0.495 e. The van der Waals surface area contributed by atoms with Gasteiger partial charge in [0.1, 0.15) is 10.6 Å². The Labute approximate surface area is 200 Å². The zero-order valence-corrected chi connectivity index (χ0v) is 20.4. The Morgan fingerprint density at radius 2 is 1.76 bits per heavy atom. The van der Waals surface area contributed by atoms with Crippen molar-refractivity contribution in [1.82, 2.24) is 9.62 Å². The topological polar surface area (TPSA) is 79.0 Å². The first-order valence-corrected chi connectivity index (χ1v) is 13.2. The molecular weight excluding hydrogens is 462 g/mol. The Kier molecular flexibility index (Phi) is 7.46. The average Bonchev–Trinajstić information content (AvgIpc) is 2.83. The van der Waals surface area contributed by atoms with Gasteiger partial charge in [0.2, 0.25) is 10.0 Å². The normalized spacial score (nSPS) is 17.8. The molecule has 0 atom stereocenters. The molecule has 2 aromatic carbocycles. The molecule has 2 fully saturated rings. The second-order valence-corrected chi connectivity index (χ2v) is 10.7. The summed E-state index contributed by atoms with van der Waals surface area (Å²) in [7, 11) is -2.37. The summed E-state index contributed by atoms with van der Waals surface area (Å²) in [5, 5.41) is 0.680. The van der Waals surface area contributed by atoms with Crippen LogP contribution in [-0.2, 0) is 10.0 Å². The van der Waals surface area contributed by atoms with Gasteiger partial charge in [-0.05, 0) is 49.2 Å². The van der Waals surface area contributed by atoms with Crippen molar-refractivity contribution in [2.24, 2.45) is 0 Å². The number of halogens is 1. The van der Waals surface area contributed by atoms with E-state index in [0.717, 1.165) is 37.8 Å². The number of benzene rings is 2. The van der Waals surface area contributed by atoms with Crippen molar-refractivity contribution in [2.75, 3.05) is 38.2 Å². The van der Waals surface area contributed by atoms with E-state index in [-0.39, 0.29) is 22.6 Å². The van der Waals surface area contributed by atoms with E-state index in [2.05, 4.69) is 9.62 Å². The molecule has 7 nitrogen and oxygen atoms in total. The lowest BCUT2D eigenvalue weighted by atomic mass is 9.96. The standard InChI is InChI=1S/C24H30ClN3O4S/c1-32-22-11-10-18(16-23(22)33(30,31)26-20-7-3-2-4-8-20)24(29)28-14-12-27(13-15-28)21-9-5-6-19(25)17-21/h5-6,9-11,16-17,20,26H,2-4,7-8,12-15H2,1H3. The van der Waals surface area contributed by atoms with E-state index in [9.17, 15) is 13.2 Å². The van der Waals surface area contributed by atoms with Crippen LogP contribution in [0.2, 0.25) is 5.02 Å². The number of nitrogens with zero attached hydrogens (tertiary/aromatic N) is 2. The first kappa shape index (κ1) is 23.9. The van der Waals surface area contributed by atoms with Crippen molar-refractivity contribution in [3.05, 3.63) is 53.1 Å². The van der Waals surface area contributed by atoms with Gasteiger partial charge in [0.15, 0.2) is 0 Å². The van der Waals surface area contributed by atoms with E-state index in [4.69, 9.17) is 16.3 Å². The Balaban J connectivity index is 1.48. The van der Waals surface area contributed by atoms with Gasteiger partial charge >= 0.3 is 0 Å². The highest BCUT2D eigenvalue weighted by Gasteiger charge is 2.28. The third-order valence-electron chi connectivity index (χ3n) is 6.37. The number of nitrogens with one attached hydrogen (secondary N) is 1. The quantitative estimate of drug-likeness (QED) is 0.662. The molecule has 178 valence electrons. The molecule has 1 saturated carbocycles. The second kappa shape index (κ2) is 10.3. The van der Waals surface area contributed by atoms with E-state index in [1.807, 2.05) is 24.3 Å². The number of anilines is 1. The molecule has 2 aliphatic rings. The number of carbonyl (C=O) groups is 1. The molecule has 1 amide bonds. The van der Waals surface area contributed by atoms with Crippen molar-refractivity contribution < 1.29 is 17.9 Å². The number of rotatable bonds is 6. The molecule has 0 aromatic heterocycles. The maximum Gasteiger partial charge on any atom is 0.254 e. The fraction of sp³-hybridized carbons (Fsp3) is 0.458. The minimum atomic E-state index is -3.80. The van der Waals surface area contributed by atoms with Gasteiger partial charge < -0.3 is 14.5 Å². The lowest BCUT2D eigenvalue weighted by molar-refractivity contribution is 0.0746. The van der Waals surface area contributed by atoms with Gasteiger partial charge in [-0.15, -0.1) is 0 Å².